The van der Waals surface area contributed by atoms with Gasteiger partial charge in [-0.25, -0.2) is 9.69 Å². The number of carbonyl (C=O) groups excluding carboxylic acids is 3. The number of nitrogens with zero attached hydrogens (tertiary/aromatic N) is 1. The number of hydrogen-bond acceptors (Lipinski definition) is 4. The molecular weight excluding hydrogens is 508 g/mol. The van der Waals surface area contributed by atoms with Crippen molar-refractivity contribution in [3.8, 4) is 5.75 Å². The highest BCUT2D eigenvalue weighted by molar-refractivity contribution is 9.10. The maximum absolute atomic E-state index is 13.3. The zero-order valence-electron chi connectivity index (χ0n) is 19.5. The number of benzene rings is 3. The van der Waals surface area contributed by atoms with Gasteiger partial charge in [-0.3, -0.25) is 14.9 Å². The maximum Gasteiger partial charge on any atom is 0.335 e. The first-order valence-electron chi connectivity index (χ1n) is 11.4. The largest absolute Gasteiger partial charge is 0.494 e. The molecule has 3 aromatic rings. The van der Waals surface area contributed by atoms with Crippen LogP contribution in [0.3, 0.4) is 0 Å². The number of nitrogens with one attached hydrogen (secondary N) is 1. The fraction of sp³-hybridized carbons (Fsp3) is 0.179. The van der Waals surface area contributed by atoms with E-state index < -0.39 is 17.8 Å². The predicted octanol–water partition coefficient (Wildman–Crippen LogP) is 5.67. The van der Waals surface area contributed by atoms with Crippen LogP contribution in [0, 0.1) is 0 Å². The van der Waals surface area contributed by atoms with Crippen molar-refractivity contribution in [1.29, 1.82) is 0 Å². The van der Waals surface area contributed by atoms with Gasteiger partial charge in [0.1, 0.15) is 11.3 Å². The van der Waals surface area contributed by atoms with E-state index in [1.54, 1.807) is 12.1 Å². The molecule has 1 saturated heterocycles. The Morgan fingerprint density at radius 3 is 2.34 bits per heavy atom. The second-order valence-electron chi connectivity index (χ2n) is 8.01. The van der Waals surface area contributed by atoms with Crippen LogP contribution >= 0.6 is 15.9 Å². The van der Waals surface area contributed by atoms with E-state index in [0.717, 1.165) is 26.1 Å². The molecule has 1 aliphatic rings. The molecule has 7 heteroatoms. The third-order valence-corrected chi connectivity index (χ3v) is 6.53. The van der Waals surface area contributed by atoms with E-state index in [4.69, 9.17) is 4.74 Å². The second kappa shape index (κ2) is 10.7. The number of rotatable bonds is 7. The molecule has 0 radical (unpaired) electrons. The van der Waals surface area contributed by atoms with E-state index in [2.05, 4.69) is 21.2 Å². The lowest BCUT2D eigenvalue weighted by molar-refractivity contribution is -0.122. The Bertz CT molecular complexity index is 1330. The van der Waals surface area contributed by atoms with Crippen molar-refractivity contribution in [2.75, 3.05) is 11.5 Å². The number of ether oxygens (including phenoxy) is 1. The summed E-state index contributed by atoms with van der Waals surface area (Å²) in [6, 6.07) is 20.0. The number of carbonyl (C=O) groups is 3. The number of hydrogen-bond donors (Lipinski definition) is 1. The van der Waals surface area contributed by atoms with E-state index in [-0.39, 0.29) is 5.57 Å². The average molecular weight is 533 g/mol. The van der Waals surface area contributed by atoms with Gasteiger partial charge in [-0.1, -0.05) is 71.4 Å². The Labute approximate surface area is 212 Å². The molecular formula is C28H25BrN2O4. The summed E-state index contributed by atoms with van der Waals surface area (Å²) >= 11 is 3.59. The van der Waals surface area contributed by atoms with Crippen LogP contribution < -0.4 is 15.0 Å². The fourth-order valence-corrected chi connectivity index (χ4v) is 4.44. The number of urea groups is 1. The van der Waals surface area contributed by atoms with Crippen LogP contribution in [-0.4, -0.2) is 24.5 Å². The summed E-state index contributed by atoms with van der Waals surface area (Å²) in [6.45, 7) is 4.32. The molecule has 6 nitrogen and oxygen atoms in total. The van der Waals surface area contributed by atoms with E-state index in [1.807, 2.05) is 68.4 Å². The normalized spacial score (nSPS) is 14.9. The third kappa shape index (κ3) is 5.20. The van der Waals surface area contributed by atoms with Crippen LogP contribution in [-0.2, 0) is 22.4 Å². The highest BCUT2D eigenvalue weighted by Crippen LogP contribution is 2.29. The number of halogens is 1. The molecule has 0 spiro atoms. The van der Waals surface area contributed by atoms with E-state index >= 15 is 0 Å². The summed E-state index contributed by atoms with van der Waals surface area (Å²) in [4.78, 5) is 39.6. The first kappa shape index (κ1) is 24.4. The van der Waals surface area contributed by atoms with Gasteiger partial charge in [-0.15, -0.1) is 0 Å². The summed E-state index contributed by atoms with van der Waals surface area (Å²) in [7, 11) is 0. The molecule has 4 rings (SSSR count). The first-order chi connectivity index (χ1) is 16.9. The zero-order chi connectivity index (χ0) is 24.9. The van der Waals surface area contributed by atoms with Gasteiger partial charge in [0.2, 0.25) is 0 Å². The van der Waals surface area contributed by atoms with Crippen LogP contribution in [0.4, 0.5) is 10.5 Å². The van der Waals surface area contributed by atoms with Crippen molar-refractivity contribution < 1.29 is 19.1 Å². The van der Waals surface area contributed by atoms with Gasteiger partial charge in [0.05, 0.1) is 12.3 Å². The van der Waals surface area contributed by atoms with Crippen molar-refractivity contribution in [3.63, 3.8) is 0 Å². The quantitative estimate of drug-likeness (QED) is 0.314. The van der Waals surface area contributed by atoms with Crippen LogP contribution in [0.1, 0.15) is 36.1 Å². The van der Waals surface area contributed by atoms with Crippen molar-refractivity contribution in [2.45, 2.75) is 26.7 Å². The molecule has 1 heterocycles. The molecule has 0 aliphatic carbocycles. The van der Waals surface area contributed by atoms with Gasteiger partial charge >= 0.3 is 6.03 Å². The number of para-hydroxylation sites is 1. The summed E-state index contributed by atoms with van der Waals surface area (Å²) in [6.07, 6.45) is 2.79. The Balaban J connectivity index is 1.70. The molecule has 0 aromatic heterocycles. The highest BCUT2D eigenvalue weighted by atomic mass is 79.9. The molecule has 3 aromatic carbocycles. The molecule has 1 N–H and O–H groups in total. The van der Waals surface area contributed by atoms with Gasteiger partial charge in [0.25, 0.3) is 11.8 Å². The minimum atomic E-state index is -0.753. The molecule has 0 bridgehead atoms. The van der Waals surface area contributed by atoms with Gasteiger partial charge in [0, 0.05) is 10.9 Å². The summed E-state index contributed by atoms with van der Waals surface area (Å²) in [5.74, 6) is -0.707. The van der Waals surface area contributed by atoms with Crippen molar-refractivity contribution in [1.82, 2.24) is 5.32 Å². The summed E-state index contributed by atoms with van der Waals surface area (Å²) in [5.41, 5.74) is 3.91. The molecule has 0 unspecified atom stereocenters. The number of barbiturate groups is 1. The van der Waals surface area contributed by atoms with E-state index in [9.17, 15) is 14.4 Å². The van der Waals surface area contributed by atoms with Crippen LogP contribution in [0.25, 0.3) is 6.08 Å². The van der Waals surface area contributed by atoms with Gasteiger partial charge in [-0.2, -0.15) is 0 Å². The molecule has 178 valence electrons. The predicted molar refractivity (Wildman–Crippen MR) is 139 cm³/mol. The maximum atomic E-state index is 13.3. The minimum Gasteiger partial charge on any atom is -0.494 e. The minimum absolute atomic E-state index is 0.114. The molecule has 35 heavy (non-hydrogen) atoms. The Morgan fingerprint density at radius 2 is 1.63 bits per heavy atom. The third-order valence-electron chi connectivity index (χ3n) is 5.76. The topological polar surface area (TPSA) is 75.7 Å². The summed E-state index contributed by atoms with van der Waals surface area (Å²) in [5, 5.41) is 2.29. The Hall–Kier alpha value is -3.71. The highest BCUT2D eigenvalue weighted by Gasteiger charge is 2.37. The number of anilines is 1. The molecule has 1 aliphatic heterocycles. The van der Waals surface area contributed by atoms with E-state index in [0.29, 0.717) is 36.4 Å². The monoisotopic (exact) mass is 532 g/mol. The molecule has 1 fully saturated rings. The lowest BCUT2D eigenvalue weighted by atomic mass is 10.00. The lowest BCUT2D eigenvalue weighted by Crippen LogP contribution is -2.54. The number of amides is 4. The van der Waals surface area contributed by atoms with Gasteiger partial charge in [-0.05, 0) is 59.9 Å². The van der Waals surface area contributed by atoms with Crippen molar-refractivity contribution in [2.24, 2.45) is 0 Å². The smallest absolute Gasteiger partial charge is 0.335 e. The first-order valence-corrected chi connectivity index (χ1v) is 12.2. The van der Waals surface area contributed by atoms with Crippen molar-refractivity contribution in [3.05, 3.63) is 99.0 Å². The van der Waals surface area contributed by atoms with Crippen LogP contribution in [0.5, 0.6) is 5.75 Å². The summed E-state index contributed by atoms with van der Waals surface area (Å²) < 4.78 is 6.89. The molecule has 0 saturated carbocycles. The number of aryl methyl sites for hydroxylation is 1. The average Bonchev–Trinajstić information content (AvgIpc) is 2.85. The van der Waals surface area contributed by atoms with Gasteiger partial charge in [0.15, 0.2) is 0 Å². The Kier molecular flexibility index (Phi) is 7.46. The lowest BCUT2D eigenvalue weighted by Gasteiger charge is -2.28. The van der Waals surface area contributed by atoms with E-state index in [1.165, 1.54) is 6.08 Å². The van der Waals surface area contributed by atoms with Gasteiger partial charge < -0.3 is 4.74 Å². The number of imide groups is 2. The van der Waals surface area contributed by atoms with Crippen LogP contribution in [0.15, 0.2) is 76.8 Å². The standard InChI is InChI=1S/C28H25BrN2O4/c1-3-19-9-6-8-12-24(19)31-27(33)22(26(32)30-28(31)34)15-18-13-14-21(25(16-18)35-4-2)17-20-10-5-7-11-23(20)29/h5-16H,3-4,17H2,1-2H3,(H,30,32,34)/b22-15-. The van der Waals surface area contributed by atoms with Crippen LogP contribution in [0.2, 0.25) is 0 Å². The second-order valence-corrected chi connectivity index (χ2v) is 8.86. The zero-order valence-corrected chi connectivity index (χ0v) is 21.1. The molecule has 0 atom stereocenters. The SMILES string of the molecule is CCOc1cc(/C=C2/C(=O)NC(=O)N(c3ccccc3CC)C2=O)ccc1Cc1ccccc1Br. The Morgan fingerprint density at radius 1 is 0.914 bits per heavy atom. The molecule has 4 amide bonds. The van der Waals surface area contributed by atoms with Crippen molar-refractivity contribution >= 4 is 45.5 Å². The fourth-order valence-electron chi connectivity index (χ4n) is 4.01.